The molecule has 0 spiro atoms. The first kappa shape index (κ1) is 20.8. The molecular weight excluding hydrogens is 326 g/mol. The van der Waals surface area contributed by atoms with Gasteiger partial charge in [-0.2, -0.15) is 0 Å². The van der Waals surface area contributed by atoms with Crippen molar-refractivity contribution in [1.29, 1.82) is 0 Å². The van der Waals surface area contributed by atoms with E-state index in [2.05, 4.69) is 24.1 Å². The first-order chi connectivity index (χ1) is 12.7. The van der Waals surface area contributed by atoms with Gasteiger partial charge in [0.2, 0.25) is 0 Å². The lowest BCUT2D eigenvalue weighted by molar-refractivity contribution is 0.227. The molecule has 144 valence electrons. The van der Waals surface area contributed by atoms with Crippen molar-refractivity contribution in [3.8, 4) is 0 Å². The van der Waals surface area contributed by atoms with Gasteiger partial charge in [-0.1, -0.05) is 44.1 Å². The number of allylic oxidation sites excluding steroid dienone is 1. The number of pyridine rings is 1. The number of aliphatic hydroxyl groups is 2. The van der Waals surface area contributed by atoms with E-state index in [0.29, 0.717) is 6.42 Å². The number of aliphatic hydroxyl groups excluding tert-OH is 2. The van der Waals surface area contributed by atoms with E-state index in [4.69, 9.17) is 9.84 Å². The standard InChI is InChI=1S/C22H33NO3/c1-2-3-4-5-6-7-12-19(25)16-15-18-11-10-13-20(23-18)22-21(26-22)14-8-9-17-24/h6-7,10-11,13,15-16,19,21-22,24-25H,2-5,8-9,12,14,17H2,1H3/b7-6-,16-15+. The van der Waals surface area contributed by atoms with Gasteiger partial charge in [-0.25, -0.2) is 0 Å². The van der Waals surface area contributed by atoms with Crippen molar-refractivity contribution in [2.75, 3.05) is 6.61 Å². The minimum atomic E-state index is -0.480. The average molecular weight is 360 g/mol. The van der Waals surface area contributed by atoms with E-state index in [1.54, 1.807) is 6.08 Å². The topological polar surface area (TPSA) is 65.9 Å². The van der Waals surface area contributed by atoms with Crippen LogP contribution in [-0.4, -0.2) is 34.0 Å². The van der Waals surface area contributed by atoms with Crippen LogP contribution in [0.1, 0.15) is 75.8 Å². The molecule has 0 aliphatic carbocycles. The molecule has 3 unspecified atom stereocenters. The smallest absolute Gasteiger partial charge is 0.126 e. The number of ether oxygens (including phenoxy) is 1. The van der Waals surface area contributed by atoms with Crippen molar-refractivity contribution in [3.63, 3.8) is 0 Å². The Hall–Kier alpha value is -1.49. The molecule has 0 saturated carbocycles. The zero-order valence-electron chi connectivity index (χ0n) is 15.9. The van der Waals surface area contributed by atoms with E-state index in [-0.39, 0.29) is 18.8 Å². The van der Waals surface area contributed by atoms with Crippen LogP contribution in [0.25, 0.3) is 6.08 Å². The highest BCUT2D eigenvalue weighted by Crippen LogP contribution is 2.40. The Balaban J connectivity index is 1.74. The van der Waals surface area contributed by atoms with E-state index in [1.807, 2.05) is 24.3 Å². The van der Waals surface area contributed by atoms with Gasteiger partial charge in [-0.15, -0.1) is 0 Å². The predicted molar refractivity (Wildman–Crippen MR) is 106 cm³/mol. The molecule has 1 saturated heterocycles. The molecule has 4 heteroatoms. The highest BCUT2D eigenvalue weighted by atomic mass is 16.6. The zero-order chi connectivity index (χ0) is 18.6. The molecule has 2 N–H and O–H groups in total. The summed E-state index contributed by atoms with van der Waals surface area (Å²) >= 11 is 0. The predicted octanol–water partition coefficient (Wildman–Crippen LogP) is 4.58. The maximum atomic E-state index is 10.1. The number of epoxide rings is 1. The van der Waals surface area contributed by atoms with Gasteiger partial charge >= 0.3 is 0 Å². The number of nitrogens with zero attached hydrogens (tertiary/aromatic N) is 1. The fraction of sp³-hybridized carbons (Fsp3) is 0.591. The highest BCUT2D eigenvalue weighted by molar-refractivity contribution is 5.45. The minimum absolute atomic E-state index is 0.0815. The minimum Gasteiger partial charge on any atom is -0.396 e. The van der Waals surface area contributed by atoms with E-state index >= 15 is 0 Å². The van der Waals surface area contributed by atoms with Crippen LogP contribution >= 0.6 is 0 Å². The lowest BCUT2D eigenvalue weighted by Crippen LogP contribution is -2.00. The molecular formula is C22H33NO3. The molecule has 1 fully saturated rings. The van der Waals surface area contributed by atoms with Crippen LogP contribution < -0.4 is 0 Å². The summed E-state index contributed by atoms with van der Waals surface area (Å²) in [5, 5.41) is 18.9. The van der Waals surface area contributed by atoms with Crippen molar-refractivity contribution < 1.29 is 14.9 Å². The molecule has 1 aromatic rings. The summed E-state index contributed by atoms with van der Waals surface area (Å²) in [7, 11) is 0. The van der Waals surface area contributed by atoms with Crippen LogP contribution in [0.15, 0.2) is 36.4 Å². The summed E-state index contributed by atoms with van der Waals surface area (Å²) in [6, 6.07) is 5.91. The molecule has 4 nitrogen and oxygen atoms in total. The molecule has 2 heterocycles. The van der Waals surface area contributed by atoms with E-state index in [0.717, 1.165) is 37.1 Å². The second kappa shape index (κ2) is 12.0. The van der Waals surface area contributed by atoms with E-state index in [9.17, 15) is 5.11 Å². The van der Waals surface area contributed by atoms with Gasteiger partial charge in [0.25, 0.3) is 0 Å². The number of rotatable bonds is 13. The van der Waals surface area contributed by atoms with Gasteiger partial charge in [0, 0.05) is 6.61 Å². The SMILES string of the molecule is CCCCC/C=C\CC(O)/C=C/c1cccc(C2OC2CCCCO)n1. The van der Waals surface area contributed by atoms with Crippen molar-refractivity contribution in [1.82, 2.24) is 4.98 Å². The van der Waals surface area contributed by atoms with Crippen LogP contribution in [0.3, 0.4) is 0 Å². The molecule has 1 aliphatic rings. The Labute approximate surface area is 157 Å². The number of hydrogen-bond donors (Lipinski definition) is 2. The molecule has 0 aromatic carbocycles. The van der Waals surface area contributed by atoms with Gasteiger partial charge in [-0.3, -0.25) is 4.98 Å². The van der Waals surface area contributed by atoms with Crippen molar-refractivity contribution in [3.05, 3.63) is 47.8 Å². The first-order valence-corrected chi connectivity index (χ1v) is 9.99. The Morgan fingerprint density at radius 1 is 1.19 bits per heavy atom. The molecule has 1 aromatic heterocycles. The van der Waals surface area contributed by atoms with Crippen LogP contribution in [0.4, 0.5) is 0 Å². The molecule has 2 rings (SSSR count). The lowest BCUT2D eigenvalue weighted by atomic mass is 10.1. The largest absolute Gasteiger partial charge is 0.396 e. The second-order valence-corrected chi connectivity index (χ2v) is 6.93. The zero-order valence-corrected chi connectivity index (χ0v) is 15.9. The van der Waals surface area contributed by atoms with Crippen LogP contribution in [0, 0.1) is 0 Å². The van der Waals surface area contributed by atoms with Gasteiger partial charge in [0.05, 0.1) is 23.6 Å². The third kappa shape index (κ3) is 7.81. The molecule has 0 bridgehead atoms. The van der Waals surface area contributed by atoms with Crippen molar-refractivity contribution >= 4 is 6.08 Å². The van der Waals surface area contributed by atoms with E-state index < -0.39 is 6.10 Å². The Kier molecular flexibility index (Phi) is 9.61. The van der Waals surface area contributed by atoms with Crippen LogP contribution in [0.5, 0.6) is 0 Å². The number of unbranched alkanes of at least 4 members (excludes halogenated alkanes) is 4. The van der Waals surface area contributed by atoms with Crippen molar-refractivity contribution in [2.45, 2.75) is 76.6 Å². The average Bonchev–Trinajstić information content (AvgIpc) is 3.43. The summed E-state index contributed by atoms with van der Waals surface area (Å²) in [5.41, 5.74) is 1.80. The molecule has 0 amide bonds. The highest BCUT2D eigenvalue weighted by Gasteiger charge is 2.40. The van der Waals surface area contributed by atoms with Crippen molar-refractivity contribution in [2.24, 2.45) is 0 Å². The van der Waals surface area contributed by atoms with Gasteiger partial charge in [0.15, 0.2) is 0 Å². The van der Waals surface area contributed by atoms with E-state index in [1.165, 1.54) is 19.3 Å². The summed E-state index contributed by atoms with van der Waals surface area (Å²) < 4.78 is 5.70. The maximum Gasteiger partial charge on any atom is 0.126 e. The third-order valence-corrected chi connectivity index (χ3v) is 4.57. The summed E-state index contributed by atoms with van der Waals surface area (Å²) in [6.07, 6.45) is 16.0. The third-order valence-electron chi connectivity index (χ3n) is 4.57. The van der Waals surface area contributed by atoms with Gasteiger partial charge < -0.3 is 14.9 Å². The molecule has 0 radical (unpaired) electrons. The van der Waals surface area contributed by atoms with Gasteiger partial charge in [-0.05, 0) is 56.7 Å². The summed E-state index contributed by atoms with van der Waals surface area (Å²) in [4.78, 5) is 4.63. The van der Waals surface area contributed by atoms with Crippen LogP contribution in [-0.2, 0) is 4.74 Å². The summed E-state index contributed by atoms with van der Waals surface area (Å²) in [6.45, 7) is 2.44. The Morgan fingerprint density at radius 2 is 2.08 bits per heavy atom. The fourth-order valence-electron chi connectivity index (χ4n) is 2.95. The molecule has 1 aliphatic heterocycles. The fourth-order valence-corrected chi connectivity index (χ4v) is 2.95. The monoisotopic (exact) mass is 359 g/mol. The normalized spacial score (nSPS) is 20.9. The van der Waals surface area contributed by atoms with Crippen LogP contribution in [0.2, 0.25) is 0 Å². The first-order valence-electron chi connectivity index (χ1n) is 9.99. The lowest BCUT2D eigenvalue weighted by Gasteiger charge is -2.02. The quantitative estimate of drug-likeness (QED) is 0.307. The molecule has 26 heavy (non-hydrogen) atoms. The number of hydrogen-bond acceptors (Lipinski definition) is 4. The number of aromatic nitrogens is 1. The second-order valence-electron chi connectivity index (χ2n) is 6.93. The molecule has 3 atom stereocenters. The summed E-state index contributed by atoms with van der Waals surface area (Å²) in [5.74, 6) is 0. The Morgan fingerprint density at radius 3 is 2.88 bits per heavy atom. The maximum absolute atomic E-state index is 10.1. The van der Waals surface area contributed by atoms with Gasteiger partial charge in [0.1, 0.15) is 6.10 Å². The Bertz CT molecular complexity index is 570.